The van der Waals surface area contributed by atoms with Crippen molar-refractivity contribution in [2.24, 2.45) is 0 Å². The third-order valence-electron chi connectivity index (χ3n) is 8.22. The summed E-state index contributed by atoms with van der Waals surface area (Å²) in [6.07, 6.45) is 0. The summed E-state index contributed by atoms with van der Waals surface area (Å²) < 4.78 is 92.4. The molecule has 0 atom stereocenters. The normalized spacial score (nSPS) is 15.0. The summed E-state index contributed by atoms with van der Waals surface area (Å²) in [6.45, 7) is 0. The van der Waals surface area contributed by atoms with Gasteiger partial charge in [0.15, 0.2) is 0 Å². The van der Waals surface area contributed by atoms with Crippen LogP contribution in [0.1, 0.15) is 13.7 Å². The third-order valence-corrected chi connectivity index (χ3v) is 8.22. The van der Waals surface area contributed by atoms with Gasteiger partial charge in [-0.15, -0.1) is 0 Å². The molecule has 9 rings (SSSR count). The van der Waals surface area contributed by atoms with E-state index in [-0.39, 0.29) is 35.3 Å². The average Bonchev–Trinajstić information content (AvgIpc) is 3.57. The van der Waals surface area contributed by atoms with E-state index in [0.29, 0.717) is 32.9 Å². The van der Waals surface area contributed by atoms with Crippen molar-refractivity contribution in [1.29, 1.82) is 0 Å². The second kappa shape index (κ2) is 9.44. The van der Waals surface area contributed by atoms with Gasteiger partial charge in [-0.2, -0.15) is 0 Å². The number of hydrogen-bond donors (Lipinski definition) is 0. The Morgan fingerprint density at radius 1 is 0.442 bits per heavy atom. The molecule has 0 saturated heterocycles. The first-order chi connectivity index (χ1) is 25.5. The molecule has 8 aromatic carbocycles. The van der Waals surface area contributed by atoms with Crippen molar-refractivity contribution in [2.45, 2.75) is 0 Å². The number of benzene rings is 8. The highest BCUT2D eigenvalue weighted by Crippen LogP contribution is 2.48. The van der Waals surface area contributed by atoms with Crippen LogP contribution in [0.2, 0.25) is 0 Å². The molecule has 0 N–H and O–H groups in total. The topological polar surface area (TPSA) is 13.1 Å². The van der Waals surface area contributed by atoms with Crippen LogP contribution in [-0.4, -0.2) is 0 Å². The average molecular weight is 557 g/mol. The lowest BCUT2D eigenvalue weighted by Gasteiger charge is -2.19. The van der Waals surface area contributed by atoms with Crippen LogP contribution in [0.4, 0.5) is 0 Å². The van der Waals surface area contributed by atoms with Crippen molar-refractivity contribution in [1.82, 2.24) is 0 Å². The summed E-state index contributed by atoms with van der Waals surface area (Å²) in [7, 11) is 0. The predicted molar refractivity (Wildman–Crippen MR) is 183 cm³/mol. The zero-order chi connectivity index (χ0) is 37.0. The Kier molecular flexibility index (Phi) is 3.53. The molecule has 43 heavy (non-hydrogen) atoms. The summed E-state index contributed by atoms with van der Waals surface area (Å²) >= 11 is 0. The summed E-state index contributed by atoms with van der Waals surface area (Å²) in [5.74, 6) is 0. The van der Waals surface area contributed by atoms with E-state index in [4.69, 9.17) is 18.1 Å². The molecule has 0 amide bonds. The van der Waals surface area contributed by atoms with Crippen molar-refractivity contribution in [3.05, 3.63) is 157 Å². The zero-order valence-corrected chi connectivity index (χ0v) is 22.6. The minimum atomic E-state index is -0.497. The van der Waals surface area contributed by atoms with Gasteiger partial charge in [0.1, 0.15) is 11.2 Å². The molecule has 0 unspecified atom stereocenters. The molecular formula is C42H26O. The van der Waals surface area contributed by atoms with Crippen LogP contribution in [0.3, 0.4) is 0 Å². The van der Waals surface area contributed by atoms with Gasteiger partial charge in [-0.1, -0.05) is 139 Å². The molecule has 1 heteroatoms. The van der Waals surface area contributed by atoms with Crippen molar-refractivity contribution in [3.63, 3.8) is 0 Å². The highest BCUT2D eigenvalue weighted by molar-refractivity contribution is 6.27. The molecule has 0 fully saturated rings. The van der Waals surface area contributed by atoms with Crippen molar-refractivity contribution < 1.29 is 18.1 Å². The molecule has 0 aliphatic heterocycles. The SMILES string of the molecule is [2H]c1c([2H])c([2H])c(-c2ccc3c(-c4c([2H])c([2H])c([2H])c([2H])c4[2H])c4ccccc4c(-c4cccc5oc6c7ccccc7ccc6c45)c3c2)c([2H])c1[2H]. The fraction of sp³-hybridized carbons (Fsp3) is 0. The maximum Gasteiger partial charge on any atom is 0.143 e. The second-order valence-electron chi connectivity index (χ2n) is 10.5. The first kappa shape index (κ1) is 16.1. The summed E-state index contributed by atoms with van der Waals surface area (Å²) in [5.41, 5.74) is 3.81. The summed E-state index contributed by atoms with van der Waals surface area (Å²) in [4.78, 5) is 0. The van der Waals surface area contributed by atoms with Crippen LogP contribution >= 0.6 is 0 Å². The van der Waals surface area contributed by atoms with E-state index in [1.807, 2.05) is 72.8 Å². The van der Waals surface area contributed by atoms with Crippen LogP contribution in [-0.2, 0) is 0 Å². The van der Waals surface area contributed by atoms with Gasteiger partial charge in [-0.3, -0.25) is 0 Å². The van der Waals surface area contributed by atoms with Gasteiger partial charge in [0, 0.05) is 16.2 Å². The van der Waals surface area contributed by atoms with Gasteiger partial charge >= 0.3 is 0 Å². The molecule has 0 bridgehead atoms. The van der Waals surface area contributed by atoms with Crippen LogP contribution in [0.15, 0.2) is 162 Å². The van der Waals surface area contributed by atoms with E-state index in [2.05, 4.69) is 6.07 Å². The molecule has 1 aromatic heterocycles. The van der Waals surface area contributed by atoms with E-state index in [9.17, 15) is 0 Å². The molecular weight excluding hydrogens is 520 g/mol. The largest absolute Gasteiger partial charge is 0.455 e. The highest BCUT2D eigenvalue weighted by Gasteiger charge is 2.21. The second-order valence-corrected chi connectivity index (χ2v) is 10.5. The van der Waals surface area contributed by atoms with E-state index in [1.54, 1.807) is 18.2 Å². The van der Waals surface area contributed by atoms with Crippen LogP contribution in [0.25, 0.3) is 87.6 Å². The summed E-state index contributed by atoms with van der Waals surface area (Å²) in [5, 5.41) is 6.26. The Morgan fingerprint density at radius 2 is 1.09 bits per heavy atom. The Labute approximate surface area is 263 Å². The van der Waals surface area contributed by atoms with E-state index < -0.39 is 36.3 Å². The molecule has 0 aliphatic rings. The fourth-order valence-corrected chi connectivity index (χ4v) is 6.42. The van der Waals surface area contributed by atoms with E-state index >= 15 is 0 Å². The predicted octanol–water partition coefficient (Wildman–Crippen LogP) is 12.0. The molecule has 200 valence electrons. The lowest BCUT2D eigenvalue weighted by atomic mass is 9.84. The fourth-order valence-electron chi connectivity index (χ4n) is 6.42. The van der Waals surface area contributed by atoms with E-state index in [1.165, 1.54) is 0 Å². The Balaban J connectivity index is 1.50. The lowest BCUT2D eigenvalue weighted by molar-refractivity contribution is 0.673. The summed E-state index contributed by atoms with van der Waals surface area (Å²) in [6, 6.07) is 26.4. The highest BCUT2D eigenvalue weighted by atomic mass is 16.3. The first-order valence-electron chi connectivity index (χ1n) is 19.0. The zero-order valence-electron chi connectivity index (χ0n) is 32.6. The molecule has 0 saturated carbocycles. The molecule has 0 radical (unpaired) electrons. The number of fused-ring (bicyclic) bond motifs is 7. The first-order valence-corrected chi connectivity index (χ1v) is 14.0. The Bertz CT molecular complexity index is 3020. The van der Waals surface area contributed by atoms with E-state index in [0.717, 1.165) is 43.6 Å². The maximum absolute atomic E-state index is 8.99. The van der Waals surface area contributed by atoms with Gasteiger partial charge < -0.3 is 4.42 Å². The van der Waals surface area contributed by atoms with Crippen LogP contribution in [0, 0.1) is 0 Å². The minimum Gasteiger partial charge on any atom is -0.455 e. The monoisotopic (exact) mass is 556 g/mol. The van der Waals surface area contributed by atoms with Crippen LogP contribution in [0.5, 0.6) is 0 Å². The van der Waals surface area contributed by atoms with Crippen molar-refractivity contribution >= 4 is 54.3 Å². The van der Waals surface area contributed by atoms with Gasteiger partial charge in [0.25, 0.3) is 0 Å². The third kappa shape index (κ3) is 3.65. The lowest BCUT2D eigenvalue weighted by Crippen LogP contribution is -1.92. The quantitative estimate of drug-likeness (QED) is 0.197. The van der Waals surface area contributed by atoms with Gasteiger partial charge in [0.2, 0.25) is 0 Å². The molecule has 0 spiro atoms. The molecule has 0 aliphatic carbocycles. The molecule has 1 heterocycles. The molecule has 1 nitrogen and oxygen atoms in total. The smallest absolute Gasteiger partial charge is 0.143 e. The van der Waals surface area contributed by atoms with Crippen molar-refractivity contribution in [2.75, 3.05) is 0 Å². The Hall–Kier alpha value is -5.66. The van der Waals surface area contributed by atoms with Crippen LogP contribution < -0.4 is 0 Å². The molecule has 9 aromatic rings. The standard InChI is InChI=1S/C42H26O/c1-3-12-27(13-4-1)30-23-24-34-37(26-30)40(33-19-10-9-18-32(33)39(34)29-15-5-2-6-16-29)35-20-11-21-38-41(35)36-25-22-28-14-7-8-17-31(28)42(36)43-38/h1-26H/i1D,2D,3D,4D,5D,6D,12D,13D,15D,16D. The van der Waals surface area contributed by atoms with Crippen molar-refractivity contribution in [3.8, 4) is 33.4 Å². The maximum atomic E-state index is 8.99. The minimum absolute atomic E-state index is 0.0276. The Morgan fingerprint density at radius 3 is 1.88 bits per heavy atom. The van der Waals surface area contributed by atoms with Gasteiger partial charge in [-0.25, -0.2) is 0 Å². The number of rotatable bonds is 3. The number of furan rings is 1. The van der Waals surface area contributed by atoms with Gasteiger partial charge in [0.05, 0.1) is 13.7 Å². The van der Waals surface area contributed by atoms with Gasteiger partial charge in [-0.05, 0) is 78.5 Å². The number of hydrogen-bond acceptors (Lipinski definition) is 1.